The van der Waals surface area contributed by atoms with Gasteiger partial charge in [0.15, 0.2) is 0 Å². The summed E-state index contributed by atoms with van der Waals surface area (Å²) in [5, 5.41) is 1.42. The van der Waals surface area contributed by atoms with E-state index in [-0.39, 0.29) is 0 Å². The molecule has 0 spiro atoms. The van der Waals surface area contributed by atoms with Crippen molar-refractivity contribution in [2.24, 2.45) is 5.92 Å². The number of thiazole rings is 1. The zero-order valence-electron chi connectivity index (χ0n) is 6.82. The highest BCUT2D eigenvalue weighted by Crippen LogP contribution is 2.32. The fourth-order valence-corrected chi connectivity index (χ4v) is 1.61. The van der Waals surface area contributed by atoms with E-state index in [2.05, 4.69) is 4.98 Å². The van der Waals surface area contributed by atoms with Crippen LogP contribution in [-0.2, 0) is 0 Å². The summed E-state index contributed by atoms with van der Waals surface area (Å²) in [6.45, 7) is 0.789. The van der Waals surface area contributed by atoms with Crippen LogP contribution >= 0.6 is 11.3 Å². The van der Waals surface area contributed by atoms with E-state index in [1.807, 2.05) is 0 Å². The van der Waals surface area contributed by atoms with Gasteiger partial charge < -0.3 is 10.5 Å². The first-order chi connectivity index (χ1) is 5.84. The summed E-state index contributed by atoms with van der Waals surface area (Å²) >= 11 is 1.40. The molecular formula is C8H12N2OS. The molecule has 3 nitrogen and oxygen atoms in total. The molecule has 66 valence electrons. The van der Waals surface area contributed by atoms with Gasteiger partial charge in [-0.3, -0.25) is 0 Å². The molecule has 1 saturated carbocycles. The monoisotopic (exact) mass is 184 g/mol. The molecular weight excluding hydrogens is 172 g/mol. The van der Waals surface area contributed by atoms with E-state index in [1.165, 1.54) is 30.6 Å². The molecule has 1 aliphatic rings. The second-order valence-corrected chi connectivity index (χ2v) is 4.13. The Kier molecular flexibility index (Phi) is 2.17. The number of nitrogens with zero attached hydrogens (tertiary/aromatic N) is 1. The predicted molar refractivity (Wildman–Crippen MR) is 49.4 cm³/mol. The minimum absolute atomic E-state index is 0.702. The number of aromatic nitrogens is 1. The molecule has 1 fully saturated rings. The summed E-state index contributed by atoms with van der Waals surface area (Å²) < 4.78 is 5.41. The lowest BCUT2D eigenvalue weighted by Crippen LogP contribution is -1.97. The zero-order valence-corrected chi connectivity index (χ0v) is 7.64. The molecule has 0 saturated heterocycles. The van der Waals surface area contributed by atoms with Crippen molar-refractivity contribution in [2.45, 2.75) is 19.3 Å². The number of hydrogen-bond donors (Lipinski definition) is 1. The molecule has 2 rings (SSSR count). The molecule has 0 unspecified atom stereocenters. The Bertz CT molecular complexity index is 257. The summed E-state index contributed by atoms with van der Waals surface area (Å²) in [6.07, 6.45) is 5.56. The maximum Gasteiger partial charge on any atom is 0.275 e. The third-order valence-electron chi connectivity index (χ3n) is 1.95. The van der Waals surface area contributed by atoms with Crippen molar-refractivity contribution in [3.05, 3.63) is 6.20 Å². The quantitative estimate of drug-likeness (QED) is 0.777. The second kappa shape index (κ2) is 3.31. The van der Waals surface area contributed by atoms with E-state index in [9.17, 15) is 0 Å². The minimum atomic E-state index is 0.702. The van der Waals surface area contributed by atoms with Crippen LogP contribution in [0.2, 0.25) is 0 Å². The van der Waals surface area contributed by atoms with Crippen molar-refractivity contribution < 1.29 is 4.74 Å². The number of nitrogens with two attached hydrogens (primary N) is 1. The van der Waals surface area contributed by atoms with Crippen molar-refractivity contribution in [1.29, 1.82) is 0 Å². The molecule has 0 atom stereocenters. The highest BCUT2D eigenvalue weighted by atomic mass is 32.1. The fraction of sp³-hybridized carbons (Fsp3) is 0.625. The fourth-order valence-electron chi connectivity index (χ4n) is 1.06. The average Bonchev–Trinajstić information content (AvgIpc) is 2.76. The Morgan fingerprint density at radius 3 is 3.08 bits per heavy atom. The average molecular weight is 184 g/mol. The molecule has 0 amide bonds. The molecule has 1 aliphatic carbocycles. The molecule has 1 heterocycles. The van der Waals surface area contributed by atoms with Crippen molar-refractivity contribution in [3.8, 4) is 5.19 Å². The van der Waals surface area contributed by atoms with Gasteiger partial charge in [-0.2, -0.15) is 0 Å². The minimum Gasteiger partial charge on any atom is -0.470 e. The Balaban J connectivity index is 1.71. The predicted octanol–water partition coefficient (Wildman–Crippen LogP) is 1.90. The topological polar surface area (TPSA) is 48.1 Å². The van der Waals surface area contributed by atoms with Crippen molar-refractivity contribution in [3.63, 3.8) is 0 Å². The van der Waals surface area contributed by atoms with Crippen LogP contribution < -0.4 is 10.5 Å². The second-order valence-electron chi connectivity index (χ2n) is 3.11. The summed E-state index contributed by atoms with van der Waals surface area (Å²) in [5.41, 5.74) is 5.50. The molecule has 12 heavy (non-hydrogen) atoms. The smallest absolute Gasteiger partial charge is 0.275 e. The standard InChI is InChI=1S/C8H12N2OS/c9-7-5-10-8(12-7)11-4-3-6-1-2-6/h5-6H,1-4,9H2. The molecule has 0 aliphatic heterocycles. The van der Waals surface area contributed by atoms with Gasteiger partial charge >= 0.3 is 0 Å². The molecule has 4 heteroatoms. The third kappa shape index (κ3) is 2.11. The van der Waals surface area contributed by atoms with Crippen molar-refractivity contribution in [2.75, 3.05) is 12.3 Å². The van der Waals surface area contributed by atoms with Crippen LogP contribution in [0, 0.1) is 5.92 Å². The van der Waals surface area contributed by atoms with Crippen molar-refractivity contribution in [1.82, 2.24) is 4.98 Å². The van der Waals surface area contributed by atoms with E-state index < -0.39 is 0 Å². The van der Waals surface area contributed by atoms with Crippen LogP contribution in [0.1, 0.15) is 19.3 Å². The number of nitrogen functional groups attached to an aromatic ring is 1. The van der Waals surface area contributed by atoms with Gasteiger partial charge in [-0.15, -0.1) is 0 Å². The summed E-state index contributed by atoms with van der Waals surface area (Å²) in [7, 11) is 0. The van der Waals surface area contributed by atoms with Crippen LogP contribution in [0.15, 0.2) is 6.20 Å². The Morgan fingerprint density at radius 1 is 1.67 bits per heavy atom. The SMILES string of the molecule is Nc1cnc(OCCC2CC2)s1. The van der Waals surface area contributed by atoms with Crippen molar-refractivity contribution >= 4 is 16.3 Å². The zero-order chi connectivity index (χ0) is 8.39. The van der Waals surface area contributed by atoms with Crippen LogP contribution in [0.4, 0.5) is 5.00 Å². The number of rotatable bonds is 4. The molecule has 2 N–H and O–H groups in total. The van der Waals surface area contributed by atoms with Crippen LogP contribution in [0.5, 0.6) is 5.19 Å². The van der Waals surface area contributed by atoms with Crippen LogP contribution in [-0.4, -0.2) is 11.6 Å². The van der Waals surface area contributed by atoms with Crippen LogP contribution in [0.25, 0.3) is 0 Å². The van der Waals surface area contributed by atoms with Gasteiger partial charge in [0.05, 0.1) is 12.8 Å². The van der Waals surface area contributed by atoms with Gasteiger partial charge in [0.25, 0.3) is 5.19 Å². The summed E-state index contributed by atoms with van der Waals surface area (Å²) in [6, 6.07) is 0. The van der Waals surface area contributed by atoms with E-state index >= 15 is 0 Å². The van der Waals surface area contributed by atoms with Gasteiger partial charge in [0, 0.05) is 0 Å². The maximum absolute atomic E-state index is 5.50. The highest BCUT2D eigenvalue weighted by Gasteiger charge is 2.20. The van der Waals surface area contributed by atoms with E-state index in [0.717, 1.165) is 17.5 Å². The summed E-state index contributed by atoms with van der Waals surface area (Å²) in [4.78, 5) is 4.00. The Labute approximate surface area is 75.6 Å². The van der Waals surface area contributed by atoms with Gasteiger partial charge in [0.1, 0.15) is 5.00 Å². The molecule has 1 aromatic heterocycles. The third-order valence-corrected chi connectivity index (χ3v) is 2.69. The molecule has 1 aromatic rings. The number of hydrogen-bond acceptors (Lipinski definition) is 4. The number of ether oxygens (including phenoxy) is 1. The first kappa shape index (κ1) is 7.86. The maximum atomic E-state index is 5.50. The van der Waals surface area contributed by atoms with E-state index in [1.54, 1.807) is 6.20 Å². The lowest BCUT2D eigenvalue weighted by Gasteiger charge is -1.99. The van der Waals surface area contributed by atoms with Crippen LogP contribution in [0.3, 0.4) is 0 Å². The van der Waals surface area contributed by atoms with Gasteiger partial charge in [0.2, 0.25) is 0 Å². The first-order valence-corrected chi connectivity index (χ1v) is 5.00. The normalized spacial score (nSPS) is 16.3. The molecule has 0 aromatic carbocycles. The first-order valence-electron chi connectivity index (χ1n) is 4.18. The van der Waals surface area contributed by atoms with E-state index in [0.29, 0.717) is 5.19 Å². The largest absolute Gasteiger partial charge is 0.470 e. The highest BCUT2D eigenvalue weighted by molar-refractivity contribution is 7.17. The lowest BCUT2D eigenvalue weighted by atomic mass is 10.3. The Morgan fingerprint density at radius 2 is 2.50 bits per heavy atom. The lowest BCUT2D eigenvalue weighted by molar-refractivity contribution is 0.301. The Hall–Kier alpha value is -0.770. The van der Waals surface area contributed by atoms with E-state index in [4.69, 9.17) is 10.5 Å². The summed E-state index contributed by atoms with van der Waals surface area (Å²) in [5.74, 6) is 0.919. The molecule has 0 bridgehead atoms. The molecule has 0 radical (unpaired) electrons. The van der Waals surface area contributed by atoms with Gasteiger partial charge in [-0.25, -0.2) is 4.98 Å². The number of anilines is 1. The van der Waals surface area contributed by atoms with Gasteiger partial charge in [-0.05, 0) is 12.3 Å². The van der Waals surface area contributed by atoms with Gasteiger partial charge in [-0.1, -0.05) is 24.2 Å².